The Labute approximate surface area is 94.1 Å². The monoisotopic (exact) mass is 211 g/mol. The van der Waals surface area contributed by atoms with Crippen molar-refractivity contribution >= 4 is 5.71 Å². The van der Waals surface area contributed by atoms with Crippen molar-refractivity contribution in [2.45, 2.75) is 59.3 Å². The Morgan fingerprint density at radius 3 is 2.27 bits per heavy atom. The average Bonchev–Trinajstić information content (AvgIpc) is 2.17. The summed E-state index contributed by atoms with van der Waals surface area (Å²) in [7, 11) is 1.66. The molecule has 0 bridgehead atoms. The second kappa shape index (κ2) is 5.53. The van der Waals surface area contributed by atoms with Crippen LogP contribution >= 0.6 is 0 Å². The SMILES string of the molecule is CON=C(CC(C)(C)C)C1CCCCC1. The fourth-order valence-electron chi connectivity index (χ4n) is 2.35. The lowest BCUT2D eigenvalue weighted by molar-refractivity contribution is 0.206. The predicted molar refractivity (Wildman–Crippen MR) is 65.1 cm³/mol. The first-order valence-corrected chi connectivity index (χ1v) is 6.13. The molecule has 88 valence electrons. The highest BCUT2D eigenvalue weighted by Gasteiger charge is 2.24. The van der Waals surface area contributed by atoms with Gasteiger partial charge in [0.2, 0.25) is 0 Å². The summed E-state index contributed by atoms with van der Waals surface area (Å²) in [4.78, 5) is 4.99. The fraction of sp³-hybridized carbons (Fsp3) is 0.923. The first kappa shape index (κ1) is 12.5. The molecule has 2 nitrogen and oxygen atoms in total. The predicted octanol–water partition coefficient (Wildman–Crippen LogP) is 4.01. The molecule has 1 saturated carbocycles. The van der Waals surface area contributed by atoms with Crippen molar-refractivity contribution in [2.24, 2.45) is 16.5 Å². The van der Waals surface area contributed by atoms with Crippen molar-refractivity contribution in [3.05, 3.63) is 0 Å². The lowest BCUT2D eigenvalue weighted by atomic mass is 9.79. The van der Waals surface area contributed by atoms with E-state index in [1.807, 2.05) is 0 Å². The van der Waals surface area contributed by atoms with Gasteiger partial charge in [0, 0.05) is 5.92 Å². The smallest absolute Gasteiger partial charge is 0.106 e. The molecule has 1 aliphatic rings. The summed E-state index contributed by atoms with van der Waals surface area (Å²) in [6, 6.07) is 0. The summed E-state index contributed by atoms with van der Waals surface area (Å²) in [6.45, 7) is 6.79. The van der Waals surface area contributed by atoms with Gasteiger partial charge in [-0.25, -0.2) is 0 Å². The number of nitrogens with zero attached hydrogens (tertiary/aromatic N) is 1. The molecule has 1 rings (SSSR count). The zero-order chi connectivity index (χ0) is 11.3. The van der Waals surface area contributed by atoms with Gasteiger partial charge in [0.15, 0.2) is 0 Å². The topological polar surface area (TPSA) is 21.6 Å². The Hall–Kier alpha value is -0.530. The van der Waals surface area contributed by atoms with Crippen molar-refractivity contribution in [1.82, 2.24) is 0 Å². The van der Waals surface area contributed by atoms with Crippen LogP contribution in [0, 0.1) is 11.3 Å². The van der Waals surface area contributed by atoms with E-state index < -0.39 is 0 Å². The Bertz CT molecular complexity index is 209. The molecule has 2 heteroatoms. The molecule has 0 heterocycles. The largest absolute Gasteiger partial charge is 0.399 e. The number of hydrogen-bond donors (Lipinski definition) is 0. The van der Waals surface area contributed by atoms with Crippen molar-refractivity contribution in [3.63, 3.8) is 0 Å². The van der Waals surface area contributed by atoms with E-state index in [2.05, 4.69) is 25.9 Å². The normalized spacial score (nSPS) is 20.4. The Kier molecular flexibility index (Phi) is 4.62. The van der Waals surface area contributed by atoms with Crippen LogP contribution in [0.25, 0.3) is 0 Å². The van der Waals surface area contributed by atoms with Crippen LogP contribution in [0.3, 0.4) is 0 Å². The summed E-state index contributed by atoms with van der Waals surface area (Å²) < 4.78 is 0. The number of rotatable bonds is 3. The van der Waals surface area contributed by atoms with Gasteiger partial charge in [-0.2, -0.15) is 0 Å². The first-order valence-electron chi connectivity index (χ1n) is 6.13. The van der Waals surface area contributed by atoms with E-state index in [-0.39, 0.29) is 0 Å². The molecule has 0 unspecified atom stereocenters. The van der Waals surface area contributed by atoms with E-state index in [1.165, 1.54) is 37.8 Å². The van der Waals surface area contributed by atoms with Gasteiger partial charge in [0.25, 0.3) is 0 Å². The molecule has 0 saturated heterocycles. The zero-order valence-corrected chi connectivity index (χ0v) is 10.7. The van der Waals surface area contributed by atoms with Crippen LogP contribution in [0.1, 0.15) is 59.3 Å². The lowest BCUT2D eigenvalue weighted by Gasteiger charge is -2.27. The zero-order valence-electron chi connectivity index (χ0n) is 10.7. The van der Waals surface area contributed by atoms with E-state index in [9.17, 15) is 0 Å². The summed E-state index contributed by atoms with van der Waals surface area (Å²) in [5, 5.41) is 4.25. The van der Waals surface area contributed by atoms with Gasteiger partial charge in [0.05, 0.1) is 5.71 Å². The molecule has 0 aromatic heterocycles. The van der Waals surface area contributed by atoms with Crippen LogP contribution in [-0.2, 0) is 4.84 Å². The molecule has 15 heavy (non-hydrogen) atoms. The molecule has 1 aliphatic carbocycles. The highest BCUT2D eigenvalue weighted by Crippen LogP contribution is 2.30. The molecule has 0 spiro atoms. The molecule has 0 radical (unpaired) electrons. The first-order chi connectivity index (χ1) is 7.03. The number of hydrogen-bond acceptors (Lipinski definition) is 2. The maximum atomic E-state index is 4.99. The van der Waals surface area contributed by atoms with Crippen molar-refractivity contribution in [3.8, 4) is 0 Å². The van der Waals surface area contributed by atoms with Crippen molar-refractivity contribution in [1.29, 1.82) is 0 Å². The van der Waals surface area contributed by atoms with Gasteiger partial charge in [-0.05, 0) is 24.7 Å². The Morgan fingerprint density at radius 2 is 1.80 bits per heavy atom. The second-order valence-corrected chi connectivity index (χ2v) is 5.84. The van der Waals surface area contributed by atoms with Gasteiger partial charge in [-0.1, -0.05) is 45.2 Å². The van der Waals surface area contributed by atoms with Crippen molar-refractivity contribution < 1.29 is 4.84 Å². The molecule has 0 aromatic carbocycles. The van der Waals surface area contributed by atoms with E-state index >= 15 is 0 Å². The summed E-state index contributed by atoms with van der Waals surface area (Å²) in [5.41, 5.74) is 1.60. The third-order valence-corrected chi connectivity index (χ3v) is 3.00. The van der Waals surface area contributed by atoms with Crippen LogP contribution in [0.4, 0.5) is 0 Å². The molecule has 0 N–H and O–H groups in total. The van der Waals surface area contributed by atoms with Gasteiger partial charge in [-0.3, -0.25) is 0 Å². The Balaban J connectivity index is 2.60. The molecular weight excluding hydrogens is 186 g/mol. The Morgan fingerprint density at radius 1 is 1.20 bits per heavy atom. The van der Waals surface area contributed by atoms with Gasteiger partial charge < -0.3 is 4.84 Å². The molecule has 0 aromatic rings. The van der Waals surface area contributed by atoms with Gasteiger partial charge >= 0.3 is 0 Å². The maximum Gasteiger partial charge on any atom is 0.106 e. The van der Waals surface area contributed by atoms with E-state index in [0.717, 1.165) is 6.42 Å². The summed E-state index contributed by atoms with van der Waals surface area (Å²) >= 11 is 0. The molecule has 0 amide bonds. The van der Waals surface area contributed by atoms with Crippen LogP contribution in [0.15, 0.2) is 5.16 Å². The highest BCUT2D eigenvalue weighted by atomic mass is 16.6. The number of oxime groups is 1. The third kappa shape index (κ3) is 4.67. The minimum absolute atomic E-state index is 0.314. The lowest BCUT2D eigenvalue weighted by Crippen LogP contribution is -2.23. The molecule has 0 atom stereocenters. The fourth-order valence-corrected chi connectivity index (χ4v) is 2.35. The van der Waals surface area contributed by atoms with Crippen molar-refractivity contribution in [2.75, 3.05) is 7.11 Å². The van der Waals surface area contributed by atoms with E-state index in [4.69, 9.17) is 4.84 Å². The molecule has 1 fully saturated rings. The van der Waals surface area contributed by atoms with Crippen LogP contribution in [0.2, 0.25) is 0 Å². The molecular formula is C13H25NO. The summed E-state index contributed by atoms with van der Waals surface area (Å²) in [5.74, 6) is 0.679. The van der Waals surface area contributed by atoms with Crippen LogP contribution < -0.4 is 0 Å². The third-order valence-electron chi connectivity index (χ3n) is 3.00. The van der Waals surface area contributed by atoms with E-state index in [0.29, 0.717) is 11.3 Å². The quantitative estimate of drug-likeness (QED) is 0.510. The molecule has 0 aliphatic heterocycles. The highest BCUT2D eigenvalue weighted by molar-refractivity contribution is 5.86. The van der Waals surface area contributed by atoms with Gasteiger partial charge in [0.1, 0.15) is 7.11 Å². The minimum atomic E-state index is 0.314. The average molecular weight is 211 g/mol. The standard InChI is InChI=1S/C13H25NO/c1-13(2,3)10-12(14-15-4)11-8-6-5-7-9-11/h11H,5-10H2,1-4H3. The second-order valence-electron chi connectivity index (χ2n) is 5.84. The van der Waals surface area contributed by atoms with E-state index in [1.54, 1.807) is 7.11 Å². The minimum Gasteiger partial charge on any atom is -0.399 e. The maximum absolute atomic E-state index is 4.99. The van der Waals surface area contributed by atoms with Gasteiger partial charge in [-0.15, -0.1) is 0 Å². The van der Waals surface area contributed by atoms with Crippen LogP contribution in [0.5, 0.6) is 0 Å². The summed E-state index contributed by atoms with van der Waals surface area (Å²) in [6.07, 6.45) is 7.78. The van der Waals surface area contributed by atoms with Crippen LogP contribution in [-0.4, -0.2) is 12.8 Å².